The molecular weight excluding hydrogens is 396 g/mol. The minimum atomic E-state index is -0.454. The van der Waals surface area contributed by atoms with Gasteiger partial charge in [0.25, 0.3) is 0 Å². The summed E-state index contributed by atoms with van der Waals surface area (Å²) in [6.07, 6.45) is 0. The second-order valence-electron chi connectivity index (χ2n) is 6.30. The maximum Gasteiger partial charge on any atom is 0.338 e. The van der Waals surface area contributed by atoms with Crippen molar-refractivity contribution in [3.05, 3.63) is 75.3 Å². The third-order valence-corrected chi connectivity index (χ3v) is 5.27. The number of carbonyl (C=O) groups is 2. The zero-order valence-corrected chi connectivity index (χ0v) is 17.3. The van der Waals surface area contributed by atoms with E-state index in [9.17, 15) is 9.59 Å². The molecule has 2 aromatic carbocycles. The molecule has 0 spiro atoms. The number of hydrogen-bond donors (Lipinski definition) is 0. The smallest absolute Gasteiger partial charge is 0.338 e. The van der Waals surface area contributed by atoms with Crippen LogP contribution in [0.3, 0.4) is 0 Å². The lowest BCUT2D eigenvalue weighted by Gasteiger charge is -2.22. The van der Waals surface area contributed by atoms with Gasteiger partial charge in [0.15, 0.2) is 5.13 Å². The highest BCUT2D eigenvalue weighted by atomic mass is 35.5. The molecule has 1 aromatic heterocycles. The Labute approximate surface area is 172 Å². The first kappa shape index (κ1) is 20.0. The van der Waals surface area contributed by atoms with Crippen LogP contribution in [-0.2, 0) is 16.1 Å². The van der Waals surface area contributed by atoms with Crippen LogP contribution in [0.2, 0.25) is 5.02 Å². The number of amides is 1. The van der Waals surface area contributed by atoms with Gasteiger partial charge in [-0.1, -0.05) is 29.8 Å². The van der Waals surface area contributed by atoms with Crippen LogP contribution < -0.4 is 4.90 Å². The Morgan fingerprint density at radius 3 is 2.36 bits per heavy atom. The fourth-order valence-electron chi connectivity index (χ4n) is 2.82. The van der Waals surface area contributed by atoms with E-state index in [1.807, 2.05) is 32.0 Å². The van der Waals surface area contributed by atoms with Crippen LogP contribution in [0.1, 0.15) is 34.1 Å². The van der Waals surface area contributed by atoms with Crippen LogP contribution in [0.4, 0.5) is 10.8 Å². The van der Waals surface area contributed by atoms with Crippen molar-refractivity contribution in [2.24, 2.45) is 0 Å². The minimum Gasteiger partial charge on any atom is -0.456 e. The summed E-state index contributed by atoms with van der Waals surface area (Å²) in [5.74, 6) is -0.583. The number of rotatable bonds is 5. The van der Waals surface area contributed by atoms with Crippen molar-refractivity contribution in [2.75, 3.05) is 4.90 Å². The van der Waals surface area contributed by atoms with Crippen molar-refractivity contribution in [1.82, 2.24) is 4.98 Å². The van der Waals surface area contributed by atoms with Gasteiger partial charge in [-0.05, 0) is 49.2 Å². The van der Waals surface area contributed by atoms with Gasteiger partial charge in [-0.3, -0.25) is 9.69 Å². The molecule has 5 nitrogen and oxygen atoms in total. The number of para-hydroxylation sites is 1. The predicted molar refractivity (Wildman–Crippen MR) is 111 cm³/mol. The van der Waals surface area contributed by atoms with Gasteiger partial charge >= 0.3 is 5.97 Å². The van der Waals surface area contributed by atoms with E-state index in [1.54, 1.807) is 34.5 Å². The quantitative estimate of drug-likeness (QED) is 0.520. The molecule has 0 unspecified atom stereocenters. The van der Waals surface area contributed by atoms with Gasteiger partial charge in [-0.25, -0.2) is 9.78 Å². The molecule has 0 saturated carbocycles. The van der Waals surface area contributed by atoms with E-state index in [4.69, 9.17) is 16.3 Å². The molecule has 28 heavy (non-hydrogen) atoms. The summed E-state index contributed by atoms with van der Waals surface area (Å²) in [5, 5.41) is 2.88. The molecule has 0 atom stereocenters. The van der Waals surface area contributed by atoms with Crippen molar-refractivity contribution in [3.8, 4) is 0 Å². The molecule has 1 amide bonds. The number of ether oxygens (including phenoxy) is 1. The topological polar surface area (TPSA) is 59.5 Å². The molecular formula is C21H19ClN2O3S. The molecule has 0 bridgehead atoms. The van der Waals surface area contributed by atoms with Gasteiger partial charge in [-0.15, -0.1) is 11.3 Å². The first-order chi connectivity index (χ1) is 13.4. The Morgan fingerprint density at radius 2 is 1.75 bits per heavy atom. The minimum absolute atomic E-state index is 0.0243. The van der Waals surface area contributed by atoms with Crippen LogP contribution in [0, 0.1) is 13.8 Å². The lowest BCUT2D eigenvalue weighted by Crippen LogP contribution is -2.24. The molecule has 7 heteroatoms. The number of anilines is 2. The van der Waals surface area contributed by atoms with Crippen LogP contribution in [0.25, 0.3) is 0 Å². The lowest BCUT2D eigenvalue weighted by molar-refractivity contribution is -0.115. The molecule has 0 aliphatic rings. The lowest BCUT2D eigenvalue weighted by atomic mass is 10.1. The Morgan fingerprint density at radius 1 is 1.11 bits per heavy atom. The molecule has 0 radical (unpaired) electrons. The number of aryl methyl sites for hydroxylation is 2. The molecule has 3 rings (SSSR count). The molecule has 1 heterocycles. The number of carbonyl (C=O) groups excluding carboxylic acids is 2. The van der Waals surface area contributed by atoms with Crippen molar-refractivity contribution < 1.29 is 14.3 Å². The average Bonchev–Trinajstić information content (AvgIpc) is 3.11. The summed E-state index contributed by atoms with van der Waals surface area (Å²) < 4.78 is 5.32. The van der Waals surface area contributed by atoms with E-state index >= 15 is 0 Å². The van der Waals surface area contributed by atoms with Gasteiger partial charge < -0.3 is 4.74 Å². The fraction of sp³-hybridized carbons (Fsp3) is 0.190. The number of nitrogens with zero attached hydrogens (tertiary/aromatic N) is 2. The second-order valence-corrected chi connectivity index (χ2v) is 7.57. The van der Waals surface area contributed by atoms with Crippen LogP contribution >= 0.6 is 22.9 Å². The average molecular weight is 415 g/mol. The summed E-state index contributed by atoms with van der Waals surface area (Å²) in [7, 11) is 0. The summed E-state index contributed by atoms with van der Waals surface area (Å²) >= 11 is 7.16. The summed E-state index contributed by atoms with van der Waals surface area (Å²) in [6.45, 7) is 5.45. The molecule has 0 N–H and O–H groups in total. The SMILES string of the molecule is CC(=O)N(c1nc(COC(=O)c2ccc(Cl)cc2)cs1)c1c(C)cccc1C. The maximum atomic E-state index is 12.3. The van der Waals surface area contributed by atoms with Gasteiger partial charge in [0.2, 0.25) is 5.91 Å². The third-order valence-electron chi connectivity index (χ3n) is 4.14. The highest BCUT2D eigenvalue weighted by molar-refractivity contribution is 7.14. The Bertz CT molecular complexity index is 994. The predicted octanol–water partition coefficient (Wildman–Crippen LogP) is 5.45. The van der Waals surface area contributed by atoms with E-state index < -0.39 is 5.97 Å². The van der Waals surface area contributed by atoms with E-state index in [0.717, 1.165) is 16.8 Å². The molecule has 0 fully saturated rings. The number of halogens is 1. The largest absolute Gasteiger partial charge is 0.456 e. The second kappa shape index (κ2) is 8.54. The number of aromatic nitrogens is 1. The van der Waals surface area contributed by atoms with Gasteiger partial charge in [-0.2, -0.15) is 0 Å². The zero-order valence-electron chi connectivity index (χ0n) is 15.7. The summed E-state index contributed by atoms with van der Waals surface area (Å²) in [6, 6.07) is 12.4. The first-order valence-electron chi connectivity index (χ1n) is 8.61. The van der Waals surface area contributed by atoms with Crippen molar-refractivity contribution in [3.63, 3.8) is 0 Å². The normalized spacial score (nSPS) is 10.6. The zero-order chi connectivity index (χ0) is 20.3. The highest BCUT2D eigenvalue weighted by Crippen LogP contribution is 2.33. The van der Waals surface area contributed by atoms with E-state index in [2.05, 4.69) is 4.98 Å². The van der Waals surface area contributed by atoms with Gasteiger partial charge in [0, 0.05) is 17.3 Å². The highest BCUT2D eigenvalue weighted by Gasteiger charge is 2.21. The van der Waals surface area contributed by atoms with E-state index in [-0.39, 0.29) is 12.5 Å². The van der Waals surface area contributed by atoms with Crippen LogP contribution in [-0.4, -0.2) is 16.9 Å². The first-order valence-corrected chi connectivity index (χ1v) is 9.86. The summed E-state index contributed by atoms with van der Waals surface area (Å²) in [5.41, 5.74) is 3.80. The molecule has 0 aliphatic heterocycles. The van der Waals surface area contributed by atoms with E-state index in [0.29, 0.717) is 21.4 Å². The summed E-state index contributed by atoms with van der Waals surface area (Å²) in [4.78, 5) is 30.6. The standard InChI is InChI=1S/C21H19ClN2O3S/c1-13-5-4-6-14(2)19(13)24(15(3)25)21-23-18(12-28-21)11-27-20(26)16-7-9-17(22)10-8-16/h4-10,12H,11H2,1-3H3. The van der Waals surface area contributed by atoms with Crippen molar-refractivity contribution in [2.45, 2.75) is 27.4 Å². The third kappa shape index (κ3) is 4.40. The number of esters is 1. The van der Waals surface area contributed by atoms with Gasteiger partial charge in [0.1, 0.15) is 6.61 Å². The van der Waals surface area contributed by atoms with Crippen molar-refractivity contribution >= 4 is 45.6 Å². The molecule has 144 valence electrons. The molecule has 0 saturated heterocycles. The monoisotopic (exact) mass is 414 g/mol. The maximum absolute atomic E-state index is 12.3. The van der Waals surface area contributed by atoms with Crippen LogP contribution in [0.15, 0.2) is 47.8 Å². The van der Waals surface area contributed by atoms with Gasteiger partial charge in [0.05, 0.1) is 16.9 Å². The Kier molecular flexibility index (Phi) is 6.11. The Hall–Kier alpha value is -2.70. The molecule has 0 aliphatic carbocycles. The Balaban J connectivity index is 1.77. The fourth-order valence-corrected chi connectivity index (χ4v) is 3.80. The number of thiazole rings is 1. The molecule has 3 aromatic rings. The number of benzene rings is 2. The van der Waals surface area contributed by atoms with Crippen LogP contribution in [0.5, 0.6) is 0 Å². The number of hydrogen-bond acceptors (Lipinski definition) is 5. The van der Waals surface area contributed by atoms with Crippen molar-refractivity contribution in [1.29, 1.82) is 0 Å². The van der Waals surface area contributed by atoms with E-state index in [1.165, 1.54) is 18.3 Å².